The summed E-state index contributed by atoms with van der Waals surface area (Å²) in [5.41, 5.74) is 8.26. The maximum atomic E-state index is 12.4. The lowest BCUT2D eigenvalue weighted by atomic mass is 10.1. The average molecular weight is 342 g/mol. The van der Waals surface area contributed by atoms with Gasteiger partial charge in [0.1, 0.15) is 11.5 Å². The van der Waals surface area contributed by atoms with Crippen LogP contribution in [0.25, 0.3) is 0 Å². The number of hydrogen-bond acceptors (Lipinski definition) is 4. The number of aryl methyl sites for hydroxylation is 2. The van der Waals surface area contributed by atoms with Gasteiger partial charge in [-0.2, -0.15) is 0 Å². The van der Waals surface area contributed by atoms with Gasteiger partial charge in [-0.1, -0.05) is 12.1 Å². The first-order chi connectivity index (χ1) is 11.8. The van der Waals surface area contributed by atoms with Crippen LogP contribution in [0.1, 0.15) is 28.4 Å². The molecule has 0 aliphatic carbocycles. The minimum Gasteiger partial charge on any atom is -0.497 e. The van der Waals surface area contributed by atoms with Crippen LogP contribution in [0.3, 0.4) is 0 Å². The molecule has 0 aliphatic rings. The van der Waals surface area contributed by atoms with Crippen LogP contribution in [-0.2, 0) is 4.79 Å². The summed E-state index contributed by atoms with van der Waals surface area (Å²) in [4.78, 5) is 24.0. The predicted octanol–water partition coefficient (Wildman–Crippen LogP) is 2.82. The van der Waals surface area contributed by atoms with Gasteiger partial charge in [-0.15, -0.1) is 0 Å². The number of ether oxygens (including phenoxy) is 2. The molecule has 0 saturated carbocycles. The molecule has 3 N–H and O–H groups in total. The molecule has 2 rings (SSSR count). The summed E-state index contributed by atoms with van der Waals surface area (Å²) in [7, 11) is 1.50. The van der Waals surface area contributed by atoms with Gasteiger partial charge in [-0.05, 0) is 50.1 Å². The SMILES string of the molecule is COc1ccc(C(N)=O)c(O[C@H](C)C(=O)Nc2cc(C)ccc2C)c1. The average Bonchev–Trinajstić information content (AvgIpc) is 2.57. The van der Waals surface area contributed by atoms with E-state index >= 15 is 0 Å². The lowest BCUT2D eigenvalue weighted by Crippen LogP contribution is -2.31. The van der Waals surface area contributed by atoms with E-state index in [1.807, 2.05) is 32.0 Å². The molecule has 2 amide bonds. The van der Waals surface area contributed by atoms with Crippen LogP contribution in [-0.4, -0.2) is 25.0 Å². The Kier molecular flexibility index (Phi) is 5.64. The number of nitrogens with two attached hydrogens (primary N) is 1. The third kappa shape index (κ3) is 4.50. The molecule has 0 aromatic heterocycles. The molecule has 25 heavy (non-hydrogen) atoms. The quantitative estimate of drug-likeness (QED) is 0.844. The van der Waals surface area contributed by atoms with Crippen molar-refractivity contribution in [3.05, 3.63) is 53.1 Å². The second-order valence-corrected chi connectivity index (χ2v) is 5.79. The molecule has 0 heterocycles. The number of carbonyl (C=O) groups is 2. The first-order valence-electron chi connectivity index (χ1n) is 7.84. The summed E-state index contributed by atoms with van der Waals surface area (Å²) in [5.74, 6) is -0.260. The van der Waals surface area contributed by atoms with Crippen molar-refractivity contribution in [2.75, 3.05) is 12.4 Å². The van der Waals surface area contributed by atoms with Crippen molar-refractivity contribution in [2.45, 2.75) is 26.9 Å². The fourth-order valence-corrected chi connectivity index (χ4v) is 2.28. The lowest BCUT2D eigenvalue weighted by molar-refractivity contribution is -0.122. The van der Waals surface area contributed by atoms with E-state index in [0.29, 0.717) is 5.75 Å². The largest absolute Gasteiger partial charge is 0.497 e. The van der Waals surface area contributed by atoms with Crippen molar-refractivity contribution < 1.29 is 19.1 Å². The van der Waals surface area contributed by atoms with E-state index in [1.165, 1.54) is 19.2 Å². The highest BCUT2D eigenvalue weighted by Crippen LogP contribution is 2.26. The van der Waals surface area contributed by atoms with Gasteiger partial charge < -0.3 is 20.5 Å². The topological polar surface area (TPSA) is 90.7 Å². The molecule has 0 bridgehead atoms. The minimum atomic E-state index is -0.829. The molecule has 0 unspecified atom stereocenters. The van der Waals surface area contributed by atoms with Crippen molar-refractivity contribution in [3.8, 4) is 11.5 Å². The van der Waals surface area contributed by atoms with Crippen molar-refractivity contribution in [1.82, 2.24) is 0 Å². The van der Waals surface area contributed by atoms with Crippen LogP contribution in [0.4, 0.5) is 5.69 Å². The number of rotatable bonds is 6. The number of benzene rings is 2. The van der Waals surface area contributed by atoms with Crippen molar-refractivity contribution >= 4 is 17.5 Å². The van der Waals surface area contributed by atoms with Crippen LogP contribution < -0.4 is 20.5 Å². The van der Waals surface area contributed by atoms with E-state index < -0.39 is 12.0 Å². The molecular weight excluding hydrogens is 320 g/mol. The zero-order valence-electron chi connectivity index (χ0n) is 14.8. The van der Waals surface area contributed by atoms with E-state index in [1.54, 1.807) is 13.0 Å². The number of hydrogen-bond donors (Lipinski definition) is 2. The second kappa shape index (κ2) is 7.70. The molecule has 2 aromatic rings. The fraction of sp³-hybridized carbons (Fsp3) is 0.263. The summed E-state index contributed by atoms with van der Waals surface area (Å²) in [6.07, 6.45) is -0.829. The molecule has 132 valence electrons. The number of nitrogens with one attached hydrogen (secondary N) is 1. The molecule has 6 nitrogen and oxygen atoms in total. The molecule has 0 aliphatic heterocycles. The molecule has 0 spiro atoms. The normalized spacial score (nSPS) is 11.5. The Morgan fingerprint density at radius 1 is 1.12 bits per heavy atom. The molecule has 1 atom stereocenters. The summed E-state index contributed by atoms with van der Waals surface area (Å²) in [5, 5.41) is 2.84. The van der Waals surface area contributed by atoms with Gasteiger partial charge >= 0.3 is 0 Å². The lowest BCUT2D eigenvalue weighted by Gasteiger charge is -2.18. The van der Waals surface area contributed by atoms with Gasteiger partial charge in [0.25, 0.3) is 11.8 Å². The van der Waals surface area contributed by atoms with Gasteiger partial charge in [0.15, 0.2) is 6.10 Å². The number of carbonyl (C=O) groups excluding carboxylic acids is 2. The second-order valence-electron chi connectivity index (χ2n) is 5.79. The standard InChI is InChI=1S/C19H22N2O4/c1-11-5-6-12(2)16(9-11)21-19(23)13(3)25-17-10-14(24-4)7-8-15(17)18(20)22/h5-10,13H,1-4H3,(H2,20,22)(H,21,23)/t13-/m1/s1. The monoisotopic (exact) mass is 342 g/mol. The summed E-state index contributed by atoms with van der Waals surface area (Å²) in [6, 6.07) is 10.4. The number of amides is 2. The molecule has 0 saturated heterocycles. The minimum absolute atomic E-state index is 0.187. The van der Waals surface area contributed by atoms with Crippen molar-refractivity contribution in [2.24, 2.45) is 5.73 Å². The smallest absolute Gasteiger partial charge is 0.265 e. The van der Waals surface area contributed by atoms with Crippen LogP contribution in [0.2, 0.25) is 0 Å². The zero-order valence-corrected chi connectivity index (χ0v) is 14.8. The fourth-order valence-electron chi connectivity index (χ4n) is 2.28. The highest BCUT2D eigenvalue weighted by atomic mass is 16.5. The van der Waals surface area contributed by atoms with Crippen LogP contribution >= 0.6 is 0 Å². The number of primary amides is 1. The molecule has 6 heteroatoms. The van der Waals surface area contributed by atoms with E-state index in [0.717, 1.165) is 16.8 Å². The van der Waals surface area contributed by atoms with Crippen LogP contribution in [0, 0.1) is 13.8 Å². The van der Waals surface area contributed by atoms with E-state index in [-0.39, 0.29) is 17.2 Å². The summed E-state index contributed by atoms with van der Waals surface area (Å²) >= 11 is 0. The molecule has 0 fully saturated rings. The Morgan fingerprint density at radius 2 is 1.84 bits per heavy atom. The molecular formula is C19H22N2O4. The van der Waals surface area contributed by atoms with Gasteiger partial charge in [0.05, 0.1) is 12.7 Å². The summed E-state index contributed by atoms with van der Waals surface area (Å²) < 4.78 is 10.8. The Balaban J connectivity index is 2.18. The van der Waals surface area contributed by atoms with Gasteiger partial charge in [0, 0.05) is 11.8 Å². The highest BCUT2D eigenvalue weighted by molar-refractivity contribution is 5.97. The predicted molar refractivity (Wildman–Crippen MR) is 96.1 cm³/mol. The van der Waals surface area contributed by atoms with Crippen molar-refractivity contribution in [1.29, 1.82) is 0 Å². The first kappa shape index (κ1) is 18.3. The Bertz CT molecular complexity index is 802. The highest BCUT2D eigenvalue weighted by Gasteiger charge is 2.19. The van der Waals surface area contributed by atoms with Gasteiger partial charge in [-0.25, -0.2) is 0 Å². The Labute approximate surface area is 146 Å². The third-order valence-corrected chi connectivity index (χ3v) is 3.78. The van der Waals surface area contributed by atoms with Crippen LogP contribution in [0.5, 0.6) is 11.5 Å². The number of methoxy groups -OCH3 is 1. The van der Waals surface area contributed by atoms with Gasteiger partial charge in [-0.3, -0.25) is 9.59 Å². The zero-order chi connectivity index (χ0) is 18.6. The maximum absolute atomic E-state index is 12.4. The van der Waals surface area contributed by atoms with Gasteiger partial charge in [0.2, 0.25) is 0 Å². The van der Waals surface area contributed by atoms with E-state index in [4.69, 9.17) is 15.2 Å². The number of anilines is 1. The van der Waals surface area contributed by atoms with Crippen LogP contribution in [0.15, 0.2) is 36.4 Å². The molecule has 2 aromatic carbocycles. The maximum Gasteiger partial charge on any atom is 0.265 e. The first-order valence-corrected chi connectivity index (χ1v) is 7.84. The van der Waals surface area contributed by atoms with Crippen molar-refractivity contribution in [3.63, 3.8) is 0 Å². The summed E-state index contributed by atoms with van der Waals surface area (Å²) in [6.45, 7) is 5.46. The van der Waals surface area contributed by atoms with E-state index in [9.17, 15) is 9.59 Å². The Hall–Kier alpha value is -3.02. The molecule has 0 radical (unpaired) electrons. The Morgan fingerprint density at radius 3 is 2.48 bits per heavy atom. The van der Waals surface area contributed by atoms with E-state index in [2.05, 4.69) is 5.32 Å². The third-order valence-electron chi connectivity index (χ3n) is 3.78.